The molecule has 1 aromatic carbocycles. The van der Waals surface area contributed by atoms with Gasteiger partial charge in [-0.1, -0.05) is 12.1 Å². The molecule has 6 rings (SSSR count). The first-order chi connectivity index (χ1) is 17.3. The average Bonchev–Trinajstić information content (AvgIpc) is 3.53. The highest BCUT2D eigenvalue weighted by molar-refractivity contribution is 9.10. The topological polar surface area (TPSA) is 134 Å². The Labute approximate surface area is 217 Å². The number of halogens is 1. The molecule has 2 fully saturated rings. The molecule has 0 radical (unpaired) electrons. The van der Waals surface area contributed by atoms with E-state index < -0.39 is 17.6 Å². The SMILES string of the molecule is CC(C)Nc1ncnc2c1ccn2[C@@H]1C[C@@]2(CN[C@@H](c3ccc4cc(Br)c(N)nc4c3)C2)[C@@H](O)[C@H]1O. The second kappa shape index (κ2) is 8.65. The lowest BCUT2D eigenvalue weighted by Crippen LogP contribution is -2.38. The molecule has 1 saturated carbocycles. The number of pyridine rings is 1. The van der Waals surface area contributed by atoms with Gasteiger partial charge in [0, 0.05) is 35.6 Å². The van der Waals surface area contributed by atoms with Crippen molar-refractivity contribution in [1.29, 1.82) is 0 Å². The largest absolute Gasteiger partial charge is 0.390 e. The Morgan fingerprint density at radius 2 is 2.03 bits per heavy atom. The van der Waals surface area contributed by atoms with Crippen LogP contribution in [0.3, 0.4) is 0 Å². The van der Waals surface area contributed by atoms with E-state index in [2.05, 4.69) is 67.5 Å². The smallest absolute Gasteiger partial charge is 0.145 e. The maximum atomic E-state index is 11.3. The lowest BCUT2D eigenvalue weighted by Gasteiger charge is -2.27. The molecule has 0 bridgehead atoms. The number of nitrogen functional groups attached to an aromatic ring is 1. The summed E-state index contributed by atoms with van der Waals surface area (Å²) >= 11 is 3.44. The minimum atomic E-state index is -0.895. The van der Waals surface area contributed by atoms with Crippen LogP contribution in [0, 0.1) is 5.41 Å². The number of hydrogen-bond donors (Lipinski definition) is 5. The molecule has 9 nitrogen and oxygen atoms in total. The van der Waals surface area contributed by atoms with Crippen molar-refractivity contribution in [2.24, 2.45) is 5.41 Å². The molecule has 188 valence electrons. The maximum Gasteiger partial charge on any atom is 0.145 e. The van der Waals surface area contributed by atoms with Crippen LogP contribution in [0.4, 0.5) is 11.6 Å². The fourth-order valence-electron chi connectivity index (χ4n) is 6.00. The van der Waals surface area contributed by atoms with E-state index in [-0.39, 0.29) is 18.1 Å². The summed E-state index contributed by atoms with van der Waals surface area (Å²) < 4.78 is 2.78. The highest BCUT2D eigenvalue weighted by atomic mass is 79.9. The lowest BCUT2D eigenvalue weighted by atomic mass is 9.80. The molecule has 4 heterocycles. The van der Waals surface area contributed by atoms with Gasteiger partial charge in [-0.15, -0.1) is 0 Å². The van der Waals surface area contributed by atoms with Gasteiger partial charge in [0.2, 0.25) is 0 Å². The Morgan fingerprint density at radius 1 is 1.19 bits per heavy atom. The lowest BCUT2D eigenvalue weighted by molar-refractivity contribution is -0.0218. The highest BCUT2D eigenvalue weighted by Gasteiger charge is 2.56. The van der Waals surface area contributed by atoms with E-state index in [4.69, 9.17) is 5.73 Å². The van der Waals surface area contributed by atoms with Crippen molar-refractivity contribution in [2.75, 3.05) is 17.6 Å². The van der Waals surface area contributed by atoms with Crippen molar-refractivity contribution in [1.82, 2.24) is 24.8 Å². The molecule has 36 heavy (non-hydrogen) atoms. The third-order valence-corrected chi connectivity index (χ3v) is 8.42. The van der Waals surface area contributed by atoms with Gasteiger partial charge < -0.3 is 31.1 Å². The summed E-state index contributed by atoms with van der Waals surface area (Å²) in [6.07, 6.45) is 3.11. The van der Waals surface area contributed by atoms with Crippen molar-refractivity contribution in [3.05, 3.63) is 52.9 Å². The molecule has 1 aliphatic carbocycles. The number of aliphatic hydroxyl groups is 2. The number of aromatic nitrogens is 4. The van der Waals surface area contributed by atoms with Gasteiger partial charge in [-0.3, -0.25) is 0 Å². The number of nitrogens with two attached hydrogens (primary N) is 1. The zero-order valence-corrected chi connectivity index (χ0v) is 21.8. The van der Waals surface area contributed by atoms with Crippen LogP contribution in [0.5, 0.6) is 0 Å². The first kappa shape index (κ1) is 23.6. The number of nitrogens with zero attached hydrogens (tertiary/aromatic N) is 4. The average molecular weight is 552 g/mol. The van der Waals surface area contributed by atoms with Crippen molar-refractivity contribution in [3.8, 4) is 0 Å². The van der Waals surface area contributed by atoms with E-state index in [0.717, 1.165) is 37.8 Å². The standard InChI is InChI=1S/C26H30BrN7O2/c1-13(2)32-24-16-5-6-34(25(16)31-12-30-24)20-10-26(22(36)21(20)35)9-19(29-11-26)15-4-3-14-7-17(27)23(28)33-18(14)8-15/h3-8,12-13,19-22,29,35-36H,9-11H2,1-2H3,(H2,28,33)(H,30,31,32)/t19-,20-,21+,22+,26+/m1/s1. The molecule has 6 N–H and O–H groups in total. The summed E-state index contributed by atoms with van der Waals surface area (Å²) in [6.45, 7) is 4.75. The zero-order valence-electron chi connectivity index (χ0n) is 20.2. The predicted molar refractivity (Wildman–Crippen MR) is 144 cm³/mol. The molecule has 1 aliphatic heterocycles. The van der Waals surface area contributed by atoms with Crippen LogP contribution in [0.15, 0.2) is 47.3 Å². The molecular weight excluding hydrogens is 522 g/mol. The van der Waals surface area contributed by atoms with E-state index in [0.29, 0.717) is 25.2 Å². The summed E-state index contributed by atoms with van der Waals surface area (Å²) in [5, 5.41) is 31.4. The molecule has 0 unspecified atom stereocenters. The molecule has 0 amide bonds. The third kappa shape index (κ3) is 3.75. The van der Waals surface area contributed by atoms with Crippen molar-refractivity contribution in [2.45, 2.75) is 57.0 Å². The van der Waals surface area contributed by atoms with E-state index in [9.17, 15) is 10.2 Å². The van der Waals surface area contributed by atoms with Gasteiger partial charge in [0.25, 0.3) is 0 Å². The molecule has 10 heteroatoms. The van der Waals surface area contributed by atoms with Gasteiger partial charge in [0.05, 0.1) is 27.5 Å². The van der Waals surface area contributed by atoms with Crippen LogP contribution in [0.2, 0.25) is 0 Å². The molecule has 5 atom stereocenters. The van der Waals surface area contributed by atoms with Crippen LogP contribution >= 0.6 is 15.9 Å². The van der Waals surface area contributed by atoms with Gasteiger partial charge >= 0.3 is 0 Å². The Bertz CT molecular complexity index is 1460. The van der Waals surface area contributed by atoms with Gasteiger partial charge in [0.1, 0.15) is 29.7 Å². The van der Waals surface area contributed by atoms with Crippen LogP contribution in [0.1, 0.15) is 44.3 Å². The maximum absolute atomic E-state index is 11.3. The summed E-state index contributed by atoms with van der Waals surface area (Å²) in [5.41, 5.74) is 8.25. The van der Waals surface area contributed by atoms with E-state index in [1.165, 1.54) is 0 Å². The number of nitrogens with one attached hydrogen (secondary N) is 2. The van der Waals surface area contributed by atoms with Crippen molar-refractivity contribution >= 4 is 49.5 Å². The monoisotopic (exact) mass is 551 g/mol. The normalized spacial score (nSPS) is 28.2. The zero-order chi connectivity index (χ0) is 25.2. The van der Waals surface area contributed by atoms with Crippen LogP contribution in [0.25, 0.3) is 21.9 Å². The number of hydrogen-bond acceptors (Lipinski definition) is 8. The molecular formula is C26H30BrN7O2. The van der Waals surface area contributed by atoms with Gasteiger partial charge in [0.15, 0.2) is 0 Å². The fraction of sp³-hybridized carbons (Fsp3) is 0.423. The quantitative estimate of drug-likeness (QED) is 0.260. The second-order valence-electron chi connectivity index (χ2n) is 10.5. The Kier molecular flexibility index (Phi) is 5.67. The highest BCUT2D eigenvalue weighted by Crippen LogP contribution is 2.53. The predicted octanol–water partition coefficient (Wildman–Crippen LogP) is 3.53. The molecule has 1 saturated heterocycles. The van der Waals surface area contributed by atoms with Crippen LogP contribution in [-0.4, -0.2) is 54.5 Å². The third-order valence-electron chi connectivity index (χ3n) is 7.79. The number of rotatable bonds is 4. The minimum absolute atomic E-state index is 0.0484. The first-order valence-electron chi connectivity index (χ1n) is 12.3. The van der Waals surface area contributed by atoms with Gasteiger partial charge in [-0.25, -0.2) is 15.0 Å². The number of anilines is 2. The van der Waals surface area contributed by atoms with Gasteiger partial charge in [-0.2, -0.15) is 0 Å². The first-order valence-corrected chi connectivity index (χ1v) is 13.1. The van der Waals surface area contributed by atoms with E-state index >= 15 is 0 Å². The molecule has 3 aromatic heterocycles. The summed E-state index contributed by atoms with van der Waals surface area (Å²) in [5.74, 6) is 1.24. The molecule has 4 aromatic rings. The van der Waals surface area contributed by atoms with Crippen LogP contribution < -0.4 is 16.4 Å². The summed E-state index contributed by atoms with van der Waals surface area (Å²) in [6, 6.07) is 10.2. The van der Waals surface area contributed by atoms with E-state index in [1.807, 2.05) is 29.0 Å². The summed E-state index contributed by atoms with van der Waals surface area (Å²) in [4.78, 5) is 13.4. The van der Waals surface area contributed by atoms with Crippen molar-refractivity contribution < 1.29 is 10.2 Å². The molecule has 1 spiro atoms. The fourth-order valence-corrected chi connectivity index (χ4v) is 6.34. The Hall–Kier alpha value is -2.79. The number of benzene rings is 1. The van der Waals surface area contributed by atoms with Crippen LogP contribution in [-0.2, 0) is 0 Å². The van der Waals surface area contributed by atoms with E-state index in [1.54, 1.807) is 6.33 Å². The minimum Gasteiger partial charge on any atom is -0.390 e. The number of fused-ring (bicyclic) bond motifs is 2. The Morgan fingerprint density at radius 3 is 2.83 bits per heavy atom. The summed E-state index contributed by atoms with van der Waals surface area (Å²) in [7, 11) is 0. The molecule has 2 aliphatic rings. The van der Waals surface area contributed by atoms with Gasteiger partial charge in [-0.05, 0) is 66.4 Å². The van der Waals surface area contributed by atoms with Crippen molar-refractivity contribution in [3.63, 3.8) is 0 Å². The number of aliphatic hydroxyl groups excluding tert-OH is 2. The second-order valence-corrected chi connectivity index (χ2v) is 11.4. The Balaban J connectivity index is 1.28.